The van der Waals surface area contributed by atoms with E-state index in [4.69, 9.17) is 4.42 Å². The summed E-state index contributed by atoms with van der Waals surface area (Å²) in [5.41, 5.74) is 2.33. The second-order valence-electron chi connectivity index (χ2n) is 4.85. The second-order valence-corrected chi connectivity index (χ2v) is 5.71. The van der Waals surface area contributed by atoms with Crippen LogP contribution in [-0.2, 0) is 6.54 Å². The first-order valence-corrected chi connectivity index (χ1v) is 7.83. The van der Waals surface area contributed by atoms with E-state index in [0.29, 0.717) is 6.54 Å². The second kappa shape index (κ2) is 5.61. The van der Waals surface area contributed by atoms with Gasteiger partial charge in [-0.1, -0.05) is 30.3 Å². The molecule has 0 unspecified atom stereocenters. The number of anilines is 1. The highest BCUT2D eigenvalue weighted by Crippen LogP contribution is 2.36. The van der Waals surface area contributed by atoms with Crippen LogP contribution in [0.4, 0.5) is 5.82 Å². The zero-order valence-corrected chi connectivity index (χ0v) is 12.5. The van der Waals surface area contributed by atoms with Crippen LogP contribution in [0.3, 0.4) is 0 Å². The van der Waals surface area contributed by atoms with Crippen molar-refractivity contribution >= 4 is 27.4 Å². The van der Waals surface area contributed by atoms with Gasteiger partial charge in [-0.2, -0.15) is 0 Å². The van der Waals surface area contributed by atoms with Gasteiger partial charge in [-0.15, -0.1) is 11.3 Å². The molecule has 0 saturated carbocycles. The van der Waals surface area contributed by atoms with Crippen molar-refractivity contribution in [1.82, 2.24) is 9.97 Å². The minimum atomic E-state index is 0.600. The van der Waals surface area contributed by atoms with Crippen LogP contribution in [0.15, 0.2) is 64.9 Å². The fourth-order valence-corrected chi connectivity index (χ4v) is 3.34. The van der Waals surface area contributed by atoms with Gasteiger partial charge in [0.15, 0.2) is 0 Å². The molecular weight excluding hydrogens is 294 g/mol. The first-order valence-electron chi connectivity index (χ1n) is 6.96. The molecule has 1 N–H and O–H groups in total. The molecule has 0 fully saturated rings. The average molecular weight is 307 g/mol. The predicted octanol–water partition coefficient (Wildman–Crippen LogP) is 4.56. The van der Waals surface area contributed by atoms with Crippen molar-refractivity contribution < 1.29 is 4.42 Å². The molecule has 0 saturated heterocycles. The van der Waals surface area contributed by atoms with Crippen molar-refractivity contribution in [3.05, 3.63) is 66.2 Å². The largest absolute Gasteiger partial charge is 0.467 e. The van der Waals surface area contributed by atoms with E-state index in [9.17, 15) is 0 Å². The lowest BCUT2D eigenvalue weighted by Crippen LogP contribution is -2.01. The molecule has 108 valence electrons. The normalized spacial score (nSPS) is 10.9. The van der Waals surface area contributed by atoms with Crippen molar-refractivity contribution in [2.75, 3.05) is 5.32 Å². The van der Waals surface area contributed by atoms with Crippen LogP contribution in [0, 0.1) is 0 Å². The van der Waals surface area contributed by atoms with Crippen LogP contribution in [-0.4, -0.2) is 9.97 Å². The van der Waals surface area contributed by atoms with Gasteiger partial charge in [0, 0.05) is 10.9 Å². The molecule has 0 spiro atoms. The summed E-state index contributed by atoms with van der Waals surface area (Å²) >= 11 is 1.63. The Bertz CT molecular complexity index is 885. The van der Waals surface area contributed by atoms with Gasteiger partial charge >= 0.3 is 0 Å². The molecular formula is C17H13N3OS. The minimum Gasteiger partial charge on any atom is -0.467 e. The highest BCUT2D eigenvalue weighted by atomic mass is 32.1. The highest BCUT2D eigenvalue weighted by Gasteiger charge is 2.12. The maximum absolute atomic E-state index is 5.36. The maximum Gasteiger partial charge on any atom is 0.139 e. The molecule has 4 nitrogen and oxygen atoms in total. The number of nitrogens with one attached hydrogen (secondary N) is 1. The van der Waals surface area contributed by atoms with E-state index in [-0.39, 0.29) is 0 Å². The van der Waals surface area contributed by atoms with Crippen molar-refractivity contribution in [1.29, 1.82) is 0 Å². The van der Waals surface area contributed by atoms with Gasteiger partial charge in [-0.05, 0) is 17.7 Å². The molecule has 0 bridgehead atoms. The monoisotopic (exact) mass is 307 g/mol. The Morgan fingerprint density at radius 1 is 1.05 bits per heavy atom. The Balaban J connectivity index is 1.76. The van der Waals surface area contributed by atoms with Crippen LogP contribution in [0.2, 0.25) is 0 Å². The summed E-state index contributed by atoms with van der Waals surface area (Å²) in [6, 6.07) is 14.1. The van der Waals surface area contributed by atoms with E-state index in [2.05, 4.69) is 32.8 Å². The van der Waals surface area contributed by atoms with Gasteiger partial charge in [-0.3, -0.25) is 0 Å². The van der Waals surface area contributed by atoms with Crippen molar-refractivity contribution in [3.63, 3.8) is 0 Å². The number of nitrogens with zero attached hydrogens (tertiary/aromatic N) is 2. The highest BCUT2D eigenvalue weighted by molar-refractivity contribution is 7.17. The fourth-order valence-electron chi connectivity index (χ4n) is 2.42. The number of furan rings is 1. The van der Waals surface area contributed by atoms with Gasteiger partial charge in [0.05, 0.1) is 18.2 Å². The third kappa shape index (κ3) is 2.35. The number of thiophene rings is 1. The molecule has 0 aliphatic heterocycles. The number of benzene rings is 1. The predicted molar refractivity (Wildman–Crippen MR) is 88.9 cm³/mol. The zero-order chi connectivity index (χ0) is 14.8. The van der Waals surface area contributed by atoms with Crippen molar-refractivity contribution in [3.8, 4) is 11.1 Å². The summed E-state index contributed by atoms with van der Waals surface area (Å²) in [6.45, 7) is 0.600. The van der Waals surface area contributed by atoms with Gasteiger partial charge < -0.3 is 9.73 Å². The fraction of sp³-hybridized carbons (Fsp3) is 0.0588. The van der Waals surface area contributed by atoms with Gasteiger partial charge in [0.2, 0.25) is 0 Å². The van der Waals surface area contributed by atoms with Crippen molar-refractivity contribution in [2.45, 2.75) is 6.54 Å². The van der Waals surface area contributed by atoms with E-state index >= 15 is 0 Å². The summed E-state index contributed by atoms with van der Waals surface area (Å²) in [7, 11) is 0. The quantitative estimate of drug-likeness (QED) is 0.600. The molecule has 3 heterocycles. The molecule has 1 aromatic carbocycles. The first-order chi connectivity index (χ1) is 10.9. The van der Waals surface area contributed by atoms with E-state index in [0.717, 1.165) is 27.4 Å². The van der Waals surface area contributed by atoms with Gasteiger partial charge in [-0.25, -0.2) is 9.97 Å². The molecule has 0 radical (unpaired) electrons. The number of aromatic nitrogens is 2. The van der Waals surface area contributed by atoms with E-state index < -0.39 is 0 Å². The molecule has 5 heteroatoms. The molecule has 0 atom stereocenters. The number of fused-ring (bicyclic) bond motifs is 1. The third-order valence-electron chi connectivity index (χ3n) is 3.47. The molecule has 0 aliphatic carbocycles. The number of hydrogen-bond donors (Lipinski definition) is 1. The van der Waals surface area contributed by atoms with Crippen LogP contribution < -0.4 is 5.32 Å². The topological polar surface area (TPSA) is 51.0 Å². The standard InChI is InChI=1S/C17H13N3OS/c1-2-5-12(6-3-1)14-10-22-17-15(14)16(19-11-20-17)18-9-13-7-4-8-21-13/h1-8,10-11H,9H2,(H,18,19,20). The van der Waals surface area contributed by atoms with E-state index in [1.54, 1.807) is 23.9 Å². The first kappa shape index (κ1) is 13.0. The summed E-state index contributed by atoms with van der Waals surface area (Å²) in [4.78, 5) is 9.77. The molecule has 0 amide bonds. The summed E-state index contributed by atoms with van der Waals surface area (Å²) < 4.78 is 5.36. The smallest absolute Gasteiger partial charge is 0.139 e. The molecule has 0 aliphatic rings. The van der Waals surface area contributed by atoms with Crippen LogP contribution in [0.1, 0.15) is 5.76 Å². The number of hydrogen-bond acceptors (Lipinski definition) is 5. The third-order valence-corrected chi connectivity index (χ3v) is 4.35. The Kier molecular flexibility index (Phi) is 3.33. The SMILES string of the molecule is c1ccc(-c2csc3ncnc(NCc4ccco4)c23)cc1. The Hall–Kier alpha value is -2.66. The summed E-state index contributed by atoms with van der Waals surface area (Å²) in [5, 5.41) is 6.54. The minimum absolute atomic E-state index is 0.600. The lowest BCUT2D eigenvalue weighted by molar-refractivity contribution is 0.518. The maximum atomic E-state index is 5.36. The summed E-state index contributed by atoms with van der Waals surface area (Å²) in [5.74, 6) is 1.71. The van der Waals surface area contributed by atoms with Gasteiger partial charge in [0.25, 0.3) is 0 Å². The van der Waals surface area contributed by atoms with E-state index in [1.807, 2.05) is 30.3 Å². The lowest BCUT2D eigenvalue weighted by atomic mass is 10.1. The van der Waals surface area contributed by atoms with Gasteiger partial charge in [0.1, 0.15) is 22.7 Å². The Labute approximate surface area is 131 Å². The van der Waals surface area contributed by atoms with E-state index in [1.165, 1.54) is 5.56 Å². The average Bonchev–Trinajstić information content (AvgIpc) is 3.23. The van der Waals surface area contributed by atoms with Crippen LogP contribution in [0.25, 0.3) is 21.3 Å². The van der Waals surface area contributed by atoms with Crippen LogP contribution in [0.5, 0.6) is 0 Å². The Morgan fingerprint density at radius 3 is 2.77 bits per heavy atom. The lowest BCUT2D eigenvalue weighted by Gasteiger charge is -2.07. The van der Waals surface area contributed by atoms with Crippen molar-refractivity contribution in [2.24, 2.45) is 0 Å². The van der Waals surface area contributed by atoms with Crippen LogP contribution >= 0.6 is 11.3 Å². The number of rotatable bonds is 4. The molecule has 4 aromatic rings. The molecule has 3 aromatic heterocycles. The Morgan fingerprint density at radius 2 is 1.95 bits per heavy atom. The summed E-state index contributed by atoms with van der Waals surface area (Å²) in [6.07, 6.45) is 3.27. The molecule has 22 heavy (non-hydrogen) atoms. The molecule has 4 rings (SSSR count). The zero-order valence-electron chi connectivity index (χ0n) is 11.7.